The van der Waals surface area contributed by atoms with Crippen LogP contribution < -0.4 is 15.5 Å². The molecule has 2 heterocycles. The number of nitrogens with zero attached hydrogens (tertiary/aromatic N) is 2. The summed E-state index contributed by atoms with van der Waals surface area (Å²) in [5, 5.41) is 5.64. The van der Waals surface area contributed by atoms with E-state index in [2.05, 4.69) is 32.7 Å². The quantitative estimate of drug-likeness (QED) is 0.778. The second kappa shape index (κ2) is 8.47. The molecule has 0 spiro atoms. The van der Waals surface area contributed by atoms with Crippen molar-refractivity contribution in [3.8, 4) is 0 Å². The van der Waals surface area contributed by atoms with Crippen molar-refractivity contribution in [3.05, 3.63) is 59.8 Å². The largest absolute Gasteiger partial charge is 0.355 e. The zero-order chi connectivity index (χ0) is 18.4. The SMILES string of the molecule is CN(Cc1ccccc1)c1ncccc1CNC(=O)C1CCCNC1=O. The van der Waals surface area contributed by atoms with Crippen LogP contribution in [0.3, 0.4) is 0 Å². The van der Waals surface area contributed by atoms with E-state index >= 15 is 0 Å². The molecule has 1 aromatic heterocycles. The van der Waals surface area contributed by atoms with Crippen LogP contribution in [0.1, 0.15) is 24.0 Å². The van der Waals surface area contributed by atoms with Gasteiger partial charge in [-0.2, -0.15) is 0 Å². The molecule has 1 saturated heterocycles. The molecule has 1 aliphatic heterocycles. The van der Waals surface area contributed by atoms with Crippen molar-refractivity contribution in [1.29, 1.82) is 0 Å². The van der Waals surface area contributed by atoms with Crippen molar-refractivity contribution >= 4 is 17.6 Å². The van der Waals surface area contributed by atoms with Gasteiger partial charge >= 0.3 is 0 Å². The molecule has 2 amide bonds. The Morgan fingerprint density at radius 3 is 2.85 bits per heavy atom. The van der Waals surface area contributed by atoms with E-state index in [0.717, 1.165) is 24.3 Å². The van der Waals surface area contributed by atoms with E-state index in [1.165, 1.54) is 5.56 Å². The first-order valence-electron chi connectivity index (χ1n) is 8.89. The Bertz CT molecular complexity index is 763. The zero-order valence-corrected chi connectivity index (χ0v) is 14.9. The summed E-state index contributed by atoms with van der Waals surface area (Å²) in [4.78, 5) is 30.7. The molecule has 2 N–H and O–H groups in total. The molecule has 0 bridgehead atoms. The monoisotopic (exact) mass is 352 g/mol. The van der Waals surface area contributed by atoms with Gasteiger partial charge in [0.1, 0.15) is 11.7 Å². The Labute approximate surface area is 153 Å². The Balaban J connectivity index is 1.65. The number of aromatic nitrogens is 1. The maximum Gasteiger partial charge on any atom is 0.232 e. The third kappa shape index (κ3) is 4.39. The number of piperidine rings is 1. The molecule has 3 rings (SSSR count). The number of rotatable bonds is 6. The number of carbonyl (C=O) groups is 2. The Morgan fingerprint density at radius 1 is 1.27 bits per heavy atom. The number of pyridine rings is 1. The topological polar surface area (TPSA) is 74.3 Å². The number of hydrogen-bond acceptors (Lipinski definition) is 4. The first kappa shape index (κ1) is 17.9. The Kier molecular flexibility index (Phi) is 5.84. The van der Waals surface area contributed by atoms with Crippen LogP contribution in [0.5, 0.6) is 0 Å². The van der Waals surface area contributed by atoms with Crippen molar-refractivity contribution < 1.29 is 9.59 Å². The van der Waals surface area contributed by atoms with Gasteiger partial charge in [0, 0.05) is 38.4 Å². The van der Waals surface area contributed by atoms with Crippen LogP contribution in [-0.4, -0.2) is 30.4 Å². The van der Waals surface area contributed by atoms with Crippen molar-refractivity contribution in [3.63, 3.8) is 0 Å². The normalized spacial score (nSPS) is 16.7. The smallest absolute Gasteiger partial charge is 0.232 e. The van der Waals surface area contributed by atoms with Gasteiger partial charge in [0.2, 0.25) is 11.8 Å². The Morgan fingerprint density at radius 2 is 2.08 bits per heavy atom. The average molecular weight is 352 g/mol. The summed E-state index contributed by atoms with van der Waals surface area (Å²) in [6.45, 7) is 1.73. The van der Waals surface area contributed by atoms with Crippen molar-refractivity contribution in [1.82, 2.24) is 15.6 Å². The second-order valence-corrected chi connectivity index (χ2v) is 6.53. The summed E-state index contributed by atoms with van der Waals surface area (Å²) in [5.74, 6) is -0.167. The van der Waals surface area contributed by atoms with E-state index in [9.17, 15) is 9.59 Å². The molecular weight excluding hydrogens is 328 g/mol. The van der Waals surface area contributed by atoms with E-state index in [-0.39, 0.29) is 11.8 Å². The number of benzene rings is 1. The molecule has 136 valence electrons. The summed E-state index contributed by atoms with van der Waals surface area (Å²) < 4.78 is 0. The Hall–Kier alpha value is -2.89. The molecule has 26 heavy (non-hydrogen) atoms. The minimum atomic E-state index is -0.592. The molecule has 1 aliphatic rings. The fourth-order valence-electron chi connectivity index (χ4n) is 3.17. The van der Waals surface area contributed by atoms with Crippen LogP contribution in [-0.2, 0) is 22.7 Å². The molecular formula is C20H24N4O2. The van der Waals surface area contributed by atoms with Gasteiger partial charge in [-0.1, -0.05) is 36.4 Å². The van der Waals surface area contributed by atoms with Crippen LogP contribution in [0.15, 0.2) is 48.7 Å². The number of carbonyl (C=O) groups excluding carboxylic acids is 2. The van der Waals surface area contributed by atoms with E-state index in [1.807, 2.05) is 37.4 Å². The minimum absolute atomic E-state index is 0.179. The van der Waals surface area contributed by atoms with Crippen LogP contribution >= 0.6 is 0 Å². The fourth-order valence-corrected chi connectivity index (χ4v) is 3.17. The predicted molar refractivity (Wildman–Crippen MR) is 100 cm³/mol. The molecule has 6 nitrogen and oxygen atoms in total. The molecule has 1 fully saturated rings. The lowest BCUT2D eigenvalue weighted by Gasteiger charge is -2.23. The van der Waals surface area contributed by atoms with E-state index in [0.29, 0.717) is 19.5 Å². The number of anilines is 1. The molecule has 0 radical (unpaired) electrons. The van der Waals surface area contributed by atoms with Crippen molar-refractivity contribution in [2.75, 3.05) is 18.5 Å². The van der Waals surface area contributed by atoms with E-state index in [1.54, 1.807) is 6.20 Å². The highest BCUT2D eigenvalue weighted by atomic mass is 16.2. The van der Waals surface area contributed by atoms with Gasteiger partial charge in [-0.25, -0.2) is 4.98 Å². The van der Waals surface area contributed by atoms with Crippen LogP contribution in [0, 0.1) is 5.92 Å². The van der Waals surface area contributed by atoms with Crippen molar-refractivity contribution in [2.45, 2.75) is 25.9 Å². The molecule has 2 aromatic rings. The third-order valence-corrected chi connectivity index (χ3v) is 4.55. The molecule has 0 aliphatic carbocycles. The summed E-state index contributed by atoms with van der Waals surface area (Å²) in [6, 6.07) is 14.0. The van der Waals surface area contributed by atoms with E-state index in [4.69, 9.17) is 0 Å². The van der Waals surface area contributed by atoms with Crippen LogP contribution in [0.2, 0.25) is 0 Å². The van der Waals surface area contributed by atoms with Crippen LogP contribution in [0.25, 0.3) is 0 Å². The first-order valence-corrected chi connectivity index (χ1v) is 8.89. The maximum atomic E-state index is 12.3. The van der Waals surface area contributed by atoms with E-state index < -0.39 is 5.92 Å². The number of amides is 2. The van der Waals surface area contributed by atoms with Crippen molar-refractivity contribution in [2.24, 2.45) is 5.92 Å². The van der Waals surface area contributed by atoms with Gasteiger partial charge in [-0.3, -0.25) is 9.59 Å². The van der Waals surface area contributed by atoms with Gasteiger partial charge < -0.3 is 15.5 Å². The van der Waals surface area contributed by atoms with Gasteiger partial charge in [-0.05, 0) is 24.5 Å². The average Bonchev–Trinajstić information content (AvgIpc) is 2.67. The lowest BCUT2D eigenvalue weighted by Crippen LogP contribution is -2.44. The van der Waals surface area contributed by atoms with Gasteiger partial charge in [0.15, 0.2) is 0 Å². The molecule has 1 aromatic carbocycles. The van der Waals surface area contributed by atoms with Gasteiger partial charge in [-0.15, -0.1) is 0 Å². The summed E-state index contributed by atoms with van der Waals surface area (Å²) >= 11 is 0. The molecule has 0 saturated carbocycles. The fraction of sp³-hybridized carbons (Fsp3) is 0.350. The molecule has 1 atom stereocenters. The standard InChI is InChI=1S/C20H24N4O2/c1-24(14-15-7-3-2-4-8-15)18-16(9-5-11-21-18)13-23-20(26)17-10-6-12-22-19(17)25/h2-5,7-9,11,17H,6,10,12-14H2,1H3,(H,22,25)(H,23,26). The van der Waals surface area contributed by atoms with Gasteiger partial charge in [0.05, 0.1) is 0 Å². The minimum Gasteiger partial charge on any atom is -0.355 e. The molecule has 6 heteroatoms. The second-order valence-electron chi connectivity index (χ2n) is 6.53. The lowest BCUT2D eigenvalue weighted by molar-refractivity contribution is -0.136. The lowest BCUT2D eigenvalue weighted by atomic mass is 9.98. The number of hydrogen-bond donors (Lipinski definition) is 2. The highest BCUT2D eigenvalue weighted by molar-refractivity contribution is 6.00. The molecule has 1 unspecified atom stereocenters. The first-order chi connectivity index (χ1) is 12.6. The predicted octanol–water partition coefficient (Wildman–Crippen LogP) is 1.86. The van der Waals surface area contributed by atoms with Crippen LogP contribution in [0.4, 0.5) is 5.82 Å². The highest BCUT2D eigenvalue weighted by Gasteiger charge is 2.28. The highest BCUT2D eigenvalue weighted by Crippen LogP contribution is 2.19. The van der Waals surface area contributed by atoms with Gasteiger partial charge in [0.25, 0.3) is 0 Å². The summed E-state index contributed by atoms with van der Waals surface area (Å²) in [6.07, 6.45) is 3.18. The maximum absolute atomic E-state index is 12.3. The zero-order valence-electron chi connectivity index (χ0n) is 14.9. The summed E-state index contributed by atoms with van der Waals surface area (Å²) in [5.41, 5.74) is 2.12. The third-order valence-electron chi connectivity index (χ3n) is 4.55. The summed E-state index contributed by atoms with van der Waals surface area (Å²) in [7, 11) is 1.98. The number of nitrogens with one attached hydrogen (secondary N) is 2.